The summed E-state index contributed by atoms with van der Waals surface area (Å²) in [5, 5.41) is 9.95. The number of aromatic nitrogens is 2. The Morgan fingerprint density at radius 2 is 2.37 bits per heavy atom. The van der Waals surface area contributed by atoms with Crippen molar-refractivity contribution in [3.8, 4) is 11.8 Å². The van der Waals surface area contributed by atoms with Crippen LogP contribution in [0, 0.1) is 3.95 Å². The van der Waals surface area contributed by atoms with Crippen LogP contribution in [-0.4, -0.2) is 28.0 Å². The van der Waals surface area contributed by atoms with Gasteiger partial charge in [-0.25, -0.2) is 4.98 Å². The first-order chi connectivity index (χ1) is 9.15. The molecule has 1 N–H and O–H groups in total. The molecule has 0 spiro atoms. The third kappa shape index (κ3) is 2.99. The van der Waals surface area contributed by atoms with Gasteiger partial charge >= 0.3 is 0 Å². The minimum Gasteiger partial charge on any atom is -0.493 e. The fourth-order valence-corrected chi connectivity index (χ4v) is 2.79. The van der Waals surface area contributed by atoms with Crippen molar-refractivity contribution in [2.45, 2.75) is 13.5 Å². The quantitative estimate of drug-likeness (QED) is 0.695. The third-order valence-corrected chi connectivity index (χ3v) is 3.84. The zero-order valence-electron chi connectivity index (χ0n) is 10.5. The molecule has 2 aromatic heterocycles. The van der Waals surface area contributed by atoms with Crippen LogP contribution in [0.25, 0.3) is 0 Å². The molecule has 7 heteroatoms. The Morgan fingerprint density at radius 3 is 2.89 bits per heavy atom. The van der Waals surface area contributed by atoms with E-state index in [2.05, 4.69) is 9.98 Å². The molecule has 0 aliphatic carbocycles. The van der Waals surface area contributed by atoms with Crippen molar-refractivity contribution >= 4 is 35.5 Å². The van der Waals surface area contributed by atoms with Gasteiger partial charge in [-0.2, -0.15) is 0 Å². The number of hydrogen-bond donors (Lipinski definition) is 1. The van der Waals surface area contributed by atoms with Crippen molar-refractivity contribution in [1.82, 2.24) is 9.55 Å². The molecule has 19 heavy (non-hydrogen) atoms. The second-order valence-electron chi connectivity index (χ2n) is 3.62. The van der Waals surface area contributed by atoms with Gasteiger partial charge in [0.2, 0.25) is 11.8 Å². The van der Waals surface area contributed by atoms with Crippen molar-refractivity contribution in [2.75, 3.05) is 7.11 Å². The van der Waals surface area contributed by atoms with Gasteiger partial charge in [-0.3, -0.25) is 9.56 Å². The standard InChI is InChI=1S/C12H13N3O2S2/c1-3-15-11(16)9(19-12(15)18)7-13-8-4-5-10(17-2)14-6-8/h4-7,16H,3H2,1-2H3. The van der Waals surface area contributed by atoms with E-state index in [1.165, 1.54) is 11.3 Å². The molecule has 0 amide bonds. The average molecular weight is 295 g/mol. The molecule has 0 atom stereocenters. The Kier molecular flexibility index (Phi) is 4.28. The predicted octanol–water partition coefficient (Wildman–Crippen LogP) is 3.16. The van der Waals surface area contributed by atoms with Gasteiger partial charge in [0.25, 0.3) is 0 Å². The van der Waals surface area contributed by atoms with E-state index in [0.717, 1.165) is 0 Å². The summed E-state index contributed by atoms with van der Waals surface area (Å²) >= 11 is 6.48. The molecule has 0 aliphatic heterocycles. The number of aromatic hydroxyl groups is 1. The molecule has 2 heterocycles. The lowest BCUT2D eigenvalue weighted by Gasteiger charge is -1.98. The molecule has 0 unspecified atom stereocenters. The van der Waals surface area contributed by atoms with Crippen LogP contribution in [0.1, 0.15) is 11.8 Å². The van der Waals surface area contributed by atoms with E-state index in [0.29, 0.717) is 26.9 Å². The molecule has 0 saturated heterocycles. The number of methoxy groups -OCH3 is 1. The molecule has 0 aliphatic rings. The van der Waals surface area contributed by atoms with E-state index in [-0.39, 0.29) is 5.88 Å². The molecular formula is C12H13N3O2S2. The fourth-order valence-electron chi connectivity index (χ4n) is 1.48. The molecule has 2 rings (SSSR count). The first-order valence-corrected chi connectivity index (χ1v) is 6.85. The fraction of sp³-hybridized carbons (Fsp3) is 0.250. The lowest BCUT2D eigenvalue weighted by atomic mass is 10.4. The summed E-state index contributed by atoms with van der Waals surface area (Å²) in [5.74, 6) is 0.692. The molecule has 2 aromatic rings. The van der Waals surface area contributed by atoms with Crippen LogP contribution in [0.3, 0.4) is 0 Å². The van der Waals surface area contributed by atoms with Gasteiger partial charge in [0, 0.05) is 12.6 Å². The molecule has 0 saturated carbocycles. The Labute approximate surface area is 119 Å². The zero-order chi connectivity index (χ0) is 13.8. The first kappa shape index (κ1) is 13.7. The summed E-state index contributed by atoms with van der Waals surface area (Å²) in [5.41, 5.74) is 0.683. The molecule has 0 bridgehead atoms. The van der Waals surface area contributed by atoms with Crippen molar-refractivity contribution in [3.63, 3.8) is 0 Å². The van der Waals surface area contributed by atoms with Crippen molar-refractivity contribution < 1.29 is 9.84 Å². The highest BCUT2D eigenvalue weighted by Gasteiger charge is 2.08. The maximum absolute atomic E-state index is 9.95. The molecule has 0 radical (unpaired) electrons. The second kappa shape index (κ2) is 5.94. The molecule has 0 aromatic carbocycles. The topological polar surface area (TPSA) is 59.6 Å². The smallest absolute Gasteiger partial charge is 0.213 e. The summed E-state index contributed by atoms with van der Waals surface area (Å²) in [6, 6.07) is 3.52. The van der Waals surface area contributed by atoms with Gasteiger partial charge in [-0.05, 0) is 25.2 Å². The Hall–Kier alpha value is -1.73. The van der Waals surface area contributed by atoms with Gasteiger partial charge < -0.3 is 9.84 Å². The number of nitrogens with zero attached hydrogens (tertiary/aromatic N) is 3. The minimum atomic E-state index is 0.155. The van der Waals surface area contributed by atoms with Crippen LogP contribution >= 0.6 is 23.6 Å². The maximum Gasteiger partial charge on any atom is 0.213 e. The average Bonchev–Trinajstić information content (AvgIpc) is 2.71. The lowest BCUT2D eigenvalue weighted by Crippen LogP contribution is -1.92. The van der Waals surface area contributed by atoms with Crippen LogP contribution in [0.4, 0.5) is 5.69 Å². The van der Waals surface area contributed by atoms with E-state index < -0.39 is 0 Å². The van der Waals surface area contributed by atoms with Gasteiger partial charge in [0.15, 0.2) is 3.95 Å². The monoisotopic (exact) mass is 295 g/mol. The number of pyridine rings is 1. The molecule has 100 valence electrons. The maximum atomic E-state index is 9.95. The predicted molar refractivity (Wildman–Crippen MR) is 78.5 cm³/mol. The number of hydrogen-bond acceptors (Lipinski definition) is 6. The third-order valence-electron chi connectivity index (χ3n) is 2.47. The van der Waals surface area contributed by atoms with Gasteiger partial charge in [0.05, 0.1) is 25.2 Å². The number of ether oxygens (including phenoxy) is 1. The molecule has 5 nitrogen and oxygen atoms in total. The van der Waals surface area contributed by atoms with Crippen LogP contribution in [0.2, 0.25) is 0 Å². The SMILES string of the molecule is CCn1c(O)c(C=Nc2ccc(OC)nc2)sc1=S. The van der Waals surface area contributed by atoms with Gasteiger partial charge in [-0.1, -0.05) is 11.3 Å². The summed E-state index contributed by atoms with van der Waals surface area (Å²) in [6.07, 6.45) is 3.19. The number of aliphatic imine (C=N–C) groups is 1. The molecule has 0 fully saturated rings. The normalized spacial score (nSPS) is 11.1. The van der Waals surface area contributed by atoms with E-state index in [1.54, 1.807) is 36.2 Å². The molecular weight excluding hydrogens is 282 g/mol. The highest BCUT2D eigenvalue weighted by atomic mass is 32.1. The largest absolute Gasteiger partial charge is 0.493 e. The van der Waals surface area contributed by atoms with E-state index in [1.807, 2.05) is 6.92 Å². The summed E-state index contributed by atoms with van der Waals surface area (Å²) in [7, 11) is 1.56. The van der Waals surface area contributed by atoms with E-state index in [4.69, 9.17) is 17.0 Å². The van der Waals surface area contributed by atoms with Crippen LogP contribution < -0.4 is 4.74 Å². The summed E-state index contributed by atoms with van der Waals surface area (Å²) in [6.45, 7) is 2.57. The van der Waals surface area contributed by atoms with E-state index in [9.17, 15) is 5.11 Å². The van der Waals surface area contributed by atoms with E-state index >= 15 is 0 Å². The van der Waals surface area contributed by atoms with Crippen molar-refractivity contribution in [1.29, 1.82) is 0 Å². The summed E-state index contributed by atoms with van der Waals surface area (Å²) in [4.78, 5) is 8.94. The highest BCUT2D eigenvalue weighted by Crippen LogP contribution is 2.25. The van der Waals surface area contributed by atoms with Gasteiger partial charge in [0.1, 0.15) is 4.88 Å². The summed E-state index contributed by atoms with van der Waals surface area (Å²) < 4.78 is 7.26. The first-order valence-electron chi connectivity index (χ1n) is 5.62. The number of rotatable bonds is 4. The lowest BCUT2D eigenvalue weighted by molar-refractivity contribution is 0.398. The van der Waals surface area contributed by atoms with Crippen molar-refractivity contribution in [3.05, 3.63) is 27.2 Å². The van der Waals surface area contributed by atoms with Crippen LogP contribution in [-0.2, 0) is 6.54 Å². The number of thiazole rings is 1. The minimum absolute atomic E-state index is 0.155. The second-order valence-corrected chi connectivity index (χ2v) is 5.29. The van der Waals surface area contributed by atoms with Crippen LogP contribution in [0.15, 0.2) is 23.3 Å². The van der Waals surface area contributed by atoms with Crippen molar-refractivity contribution in [2.24, 2.45) is 4.99 Å². The Balaban J connectivity index is 2.24. The van der Waals surface area contributed by atoms with Gasteiger partial charge in [-0.15, -0.1) is 0 Å². The zero-order valence-corrected chi connectivity index (χ0v) is 12.2. The van der Waals surface area contributed by atoms with Crippen LogP contribution in [0.5, 0.6) is 11.8 Å². The Morgan fingerprint density at radius 1 is 1.58 bits per heavy atom. The Bertz CT molecular complexity index is 644. The highest BCUT2D eigenvalue weighted by molar-refractivity contribution is 7.73.